The van der Waals surface area contributed by atoms with Gasteiger partial charge < -0.3 is 15.7 Å². The van der Waals surface area contributed by atoms with Crippen molar-refractivity contribution in [3.63, 3.8) is 0 Å². The van der Waals surface area contributed by atoms with Crippen molar-refractivity contribution in [1.82, 2.24) is 9.97 Å². The van der Waals surface area contributed by atoms with Crippen molar-refractivity contribution >= 4 is 23.4 Å². The second-order valence-electron chi connectivity index (χ2n) is 4.65. The third-order valence-corrected chi connectivity index (χ3v) is 3.31. The molecule has 10 heteroatoms. The Hall–Kier alpha value is -1.61. The van der Waals surface area contributed by atoms with Crippen molar-refractivity contribution in [1.29, 1.82) is 0 Å². The van der Waals surface area contributed by atoms with E-state index < -0.39 is 12.1 Å². The van der Waals surface area contributed by atoms with Crippen LogP contribution in [0.2, 0.25) is 5.28 Å². The molecule has 0 spiro atoms. The zero-order valence-electron chi connectivity index (χ0n) is 11.6. The molecule has 1 fully saturated rings. The number of aliphatic carboxylic acids is 1. The van der Waals surface area contributed by atoms with Crippen LogP contribution in [-0.2, 0) is 4.79 Å². The molecule has 3 N–H and O–H groups in total. The number of hydrogen-bond acceptors (Lipinski definition) is 5. The Bertz CT molecular complexity index is 494. The molecule has 22 heavy (non-hydrogen) atoms. The lowest BCUT2D eigenvalue weighted by Gasteiger charge is -2.32. The van der Waals surface area contributed by atoms with Crippen LogP contribution in [0.25, 0.3) is 0 Å². The lowest BCUT2D eigenvalue weighted by Crippen LogP contribution is -2.36. The Morgan fingerprint density at radius 2 is 2.00 bits per heavy atom. The van der Waals surface area contributed by atoms with Crippen LogP contribution in [0.3, 0.4) is 0 Å². The van der Waals surface area contributed by atoms with Gasteiger partial charge in [-0.1, -0.05) is 0 Å². The highest BCUT2D eigenvalue weighted by Gasteiger charge is 2.38. The minimum Gasteiger partial charge on any atom is -0.475 e. The second kappa shape index (κ2) is 8.14. The van der Waals surface area contributed by atoms with E-state index in [1.807, 2.05) is 6.07 Å². The first-order valence-corrected chi connectivity index (χ1v) is 6.85. The monoisotopic (exact) mass is 340 g/mol. The summed E-state index contributed by atoms with van der Waals surface area (Å²) in [4.78, 5) is 19.2. The molecule has 1 aromatic heterocycles. The molecule has 0 unspecified atom stereocenters. The molecule has 0 bridgehead atoms. The standard InChI is InChI=1S/C10H15ClN4.C2HF3O2/c11-10-13-4-1-9(14-10)15-5-2-8(7-12)3-6-15;3-2(4,5)1(6)7/h1,4,8H,2-3,5-7,12H2;(H,6,7). The molecule has 0 aromatic carbocycles. The number of hydrogen-bond donors (Lipinski definition) is 2. The second-order valence-corrected chi connectivity index (χ2v) is 4.99. The summed E-state index contributed by atoms with van der Waals surface area (Å²) in [6.07, 6.45) is -1.12. The van der Waals surface area contributed by atoms with Crippen LogP contribution in [0.4, 0.5) is 19.0 Å². The van der Waals surface area contributed by atoms with Gasteiger partial charge in [-0.05, 0) is 43.0 Å². The van der Waals surface area contributed by atoms with Crippen molar-refractivity contribution in [3.8, 4) is 0 Å². The number of halogens is 4. The molecule has 0 aliphatic carbocycles. The van der Waals surface area contributed by atoms with E-state index in [0.717, 1.165) is 38.3 Å². The molecule has 0 atom stereocenters. The molecule has 2 heterocycles. The van der Waals surface area contributed by atoms with Crippen LogP contribution in [0.15, 0.2) is 12.3 Å². The molecule has 1 aromatic rings. The molecule has 0 amide bonds. The van der Waals surface area contributed by atoms with Gasteiger partial charge in [0, 0.05) is 19.3 Å². The fourth-order valence-electron chi connectivity index (χ4n) is 1.90. The molecule has 1 aliphatic heterocycles. The van der Waals surface area contributed by atoms with Gasteiger partial charge in [-0.3, -0.25) is 0 Å². The van der Waals surface area contributed by atoms with E-state index in [4.69, 9.17) is 27.2 Å². The van der Waals surface area contributed by atoms with E-state index in [1.54, 1.807) is 6.20 Å². The van der Waals surface area contributed by atoms with Crippen LogP contribution in [-0.4, -0.2) is 46.9 Å². The van der Waals surface area contributed by atoms with Gasteiger partial charge in [-0.25, -0.2) is 14.8 Å². The summed E-state index contributed by atoms with van der Waals surface area (Å²) in [6.45, 7) is 2.81. The van der Waals surface area contributed by atoms with E-state index >= 15 is 0 Å². The Morgan fingerprint density at radius 3 is 2.41 bits per heavy atom. The summed E-state index contributed by atoms with van der Waals surface area (Å²) in [7, 11) is 0. The van der Waals surface area contributed by atoms with E-state index in [1.165, 1.54) is 0 Å². The largest absolute Gasteiger partial charge is 0.490 e. The number of nitrogens with zero attached hydrogens (tertiary/aromatic N) is 3. The number of anilines is 1. The number of rotatable bonds is 2. The van der Waals surface area contributed by atoms with Crippen molar-refractivity contribution in [2.24, 2.45) is 11.7 Å². The molecule has 0 radical (unpaired) electrons. The zero-order valence-corrected chi connectivity index (χ0v) is 12.3. The van der Waals surface area contributed by atoms with Crippen molar-refractivity contribution < 1.29 is 23.1 Å². The van der Waals surface area contributed by atoms with Gasteiger partial charge in [0.2, 0.25) is 5.28 Å². The minimum absolute atomic E-state index is 0.313. The minimum atomic E-state index is -5.08. The number of carboxylic acid groups (broad SMARTS) is 1. The number of piperidine rings is 1. The van der Waals surface area contributed by atoms with E-state index in [-0.39, 0.29) is 0 Å². The Morgan fingerprint density at radius 1 is 1.45 bits per heavy atom. The van der Waals surface area contributed by atoms with Crippen LogP contribution in [0.5, 0.6) is 0 Å². The highest BCUT2D eigenvalue weighted by Crippen LogP contribution is 2.21. The van der Waals surface area contributed by atoms with E-state index in [9.17, 15) is 13.2 Å². The number of carbonyl (C=O) groups is 1. The zero-order chi connectivity index (χ0) is 16.8. The average Bonchev–Trinajstić information content (AvgIpc) is 2.47. The van der Waals surface area contributed by atoms with Crippen LogP contribution < -0.4 is 10.6 Å². The number of aromatic nitrogens is 2. The molecular weight excluding hydrogens is 325 g/mol. The topological polar surface area (TPSA) is 92.3 Å². The Labute approximate surface area is 130 Å². The number of carboxylic acids is 1. The maximum Gasteiger partial charge on any atom is 0.490 e. The predicted octanol–water partition coefficient (Wildman–Crippen LogP) is 1.94. The fourth-order valence-corrected chi connectivity index (χ4v) is 2.04. The maximum absolute atomic E-state index is 10.6. The third kappa shape index (κ3) is 6.02. The van der Waals surface area contributed by atoms with Gasteiger partial charge in [-0.2, -0.15) is 13.2 Å². The van der Waals surface area contributed by atoms with Gasteiger partial charge in [0.05, 0.1) is 0 Å². The Balaban J connectivity index is 0.000000295. The SMILES string of the molecule is NCC1CCN(c2ccnc(Cl)n2)CC1.O=C(O)C(F)(F)F. The van der Waals surface area contributed by atoms with Gasteiger partial charge in [-0.15, -0.1) is 0 Å². The number of nitrogens with two attached hydrogens (primary N) is 1. The van der Waals surface area contributed by atoms with Crippen molar-refractivity contribution in [2.75, 3.05) is 24.5 Å². The smallest absolute Gasteiger partial charge is 0.475 e. The van der Waals surface area contributed by atoms with Gasteiger partial charge in [0.15, 0.2) is 0 Å². The highest BCUT2D eigenvalue weighted by molar-refractivity contribution is 6.28. The highest BCUT2D eigenvalue weighted by atomic mass is 35.5. The predicted molar refractivity (Wildman–Crippen MR) is 74.7 cm³/mol. The molecule has 0 saturated carbocycles. The first-order chi connectivity index (χ1) is 10.2. The molecule has 1 saturated heterocycles. The Kier molecular flexibility index (Phi) is 6.82. The quantitative estimate of drug-likeness (QED) is 0.799. The van der Waals surface area contributed by atoms with Crippen molar-refractivity contribution in [3.05, 3.63) is 17.5 Å². The van der Waals surface area contributed by atoms with Crippen LogP contribution in [0, 0.1) is 5.92 Å². The average molecular weight is 341 g/mol. The lowest BCUT2D eigenvalue weighted by atomic mass is 9.97. The first-order valence-electron chi connectivity index (χ1n) is 6.47. The molecular formula is C12H16ClF3N4O2. The summed E-state index contributed by atoms with van der Waals surface area (Å²) >= 11 is 5.75. The lowest BCUT2D eigenvalue weighted by molar-refractivity contribution is -0.192. The van der Waals surface area contributed by atoms with E-state index in [0.29, 0.717) is 11.2 Å². The molecule has 2 rings (SSSR count). The van der Waals surface area contributed by atoms with Crippen LogP contribution >= 0.6 is 11.6 Å². The number of alkyl halides is 3. The first kappa shape index (κ1) is 18.4. The van der Waals surface area contributed by atoms with E-state index in [2.05, 4.69) is 14.9 Å². The fraction of sp³-hybridized carbons (Fsp3) is 0.583. The van der Waals surface area contributed by atoms with Crippen molar-refractivity contribution in [2.45, 2.75) is 19.0 Å². The third-order valence-electron chi connectivity index (χ3n) is 3.13. The maximum atomic E-state index is 10.6. The summed E-state index contributed by atoms with van der Waals surface area (Å²) in [5.74, 6) is -1.17. The summed E-state index contributed by atoms with van der Waals surface area (Å²) in [5, 5.41) is 7.44. The molecule has 124 valence electrons. The molecule has 6 nitrogen and oxygen atoms in total. The normalized spacial score (nSPS) is 16.0. The van der Waals surface area contributed by atoms with Crippen LogP contribution in [0.1, 0.15) is 12.8 Å². The van der Waals surface area contributed by atoms with Gasteiger partial charge >= 0.3 is 12.1 Å². The van der Waals surface area contributed by atoms with Gasteiger partial charge in [0.25, 0.3) is 0 Å². The summed E-state index contributed by atoms with van der Waals surface area (Å²) in [5.41, 5.74) is 5.65. The summed E-state index contributed by atoms with van der Waals surface area (Å²) in [6, 6.07) is 1.90. The summed E-state index contributed by atoms with van der Waals surface area (Å²) < 4.78 is 31.7. The van der Waals surface area contributed by atoms with Gasteiger partial charge in [0.1, 0.15) is 5.82 Å². The molecule has 1 aliphatic rings.